The fraction of sp³-hybridized carbons (Fsp3) is 0.222. The molecular weight excluding hydrogens is 204 g/mol. The summed E-state index contributed by atoms with van der Waals surface area (Å²) >= 11 is 5.87. The molecule has 1 aromatic rings. The Balaban J connectivity index is 2.74. The maximum absolute atomic E-state index is 9.26. The summed E-state index contributed by atoms with van der Waals surface area (Å²) < 4.78 is 0. The minimum absolute atomic E-state index is 0.156. The molecule has 4 nitrogen and oxygen atoms in total. The third-order valence-corrected chi connectivity index (χ3v) is 2.45. The Morgan fingerprint density at radius 2 is 2.00 bits per heavy atom. The lowest BCUT2D eigenvalue weighted by Gasteiger charge is -2.20. The number of fused-ring (bicyclic) bond motifs is 1. The smallest absolute Gasteiger partial charge is 0.197 e. The highest BCUT2D eigenvalue weighted by Gasteiger charge is 2.11. The summed E-state index contributed by atoms with van der Waals surface area (Å²) in [6, 6.07) is 2.84. The Hall–Kier alpha value is -1.42. The first kappa shape index (κ1) is 9.15. The molecule has 0 bridgehead atoms. The first-order valence-electron chi connectivity index (χ1n) is 4.05. The molecule has 5 heteroatoms. The lowest BCUT2D eigenvalue weighted by molar-refractivity contribution is 0.400. The molecule has 1 aliphatic rings. The summed E-state index contributed by atoms with van der Waals surface area (Å²) in [7, 11) is 1.79. The fourth-order valence-electron chi connectivity index (χ4n) is 1.28. The van der Waals surface area contributed by atoms with E-state index in [2.05, 4.69) is 4.99 Å². The SMILES string of the molecule is CN1C=c2cc(O)c(O)cc2=NC1Cl. The topological polar surface area (TPSA) is 56.1 Å². The number of hydrogen-bond donors (Lipinski definition) is 2. The Bertz CT molecular complexity index is 441. The van der Waals surface area contributed by atoms with Crippen molar-refractivity contribution in [2.75, 3.05) is 7.05 Å². The zero-order valence-electron chi connectivity index (χ0n) is 7.48. The summed E-state index contributed by atoms with van der Waals surface area (Å²) in [5.74, 6) is -0.342. The Labute approximate surface area is 85.4 Å². The van der Waals surface area contributed by atoms with E-state index in [1.54, 1.807) is 18.1 Å². The number of phenols is 2. The third-order valence-electron chi connectivity index (χ3n) is 2.05. The van der Waals surface area contributed by atoms with Crippen LogP contribution in [0.5, 0.6) is 11.5 Å². The molecule has 0 saturated carbocycles. The molecular formula is C9H9ClN2O2. The monoisotopic (exact) mass is 212 g/mol. The van der Waals surface area contributed by atoms with Crippen LogP contribution in [0.3, 0.4) is 0 Å². The van der Waals surface area contributed by atoms with Crippen molar-refractivity contribution < 1.29 is 10.2 Å². The molecule has 0 aromatic heterocycles. The van der Waals surface area contributed by atoms with Crippen molar-refractivity contribution in [2.24, 2.45) is 4.99 Å². The van der Waals surface area contributed by atoms with E-state index in [1.807, 2.05) is 0 Å². The van der Waals surface area contributed by atoms with E-state index in [4.69, 9.17) is 11.6 Å². The molecule has 1 heterocycles. The van der Waals surface area contributed by atoms with Crippen LogP contribution in [0, 0.1) is 0 Å². The molecule has 0 aliphatic carbocycles. The van der Waals surface area contributed by atoms with Gasteiger partial charge in [0.05, 0.1) is 5.36 Å². The second kappa shape index (κ2) is 3.06. The molecule has 0 saturated heterocycles. The second-order valence-electron chi connectivity index (χ2n) is 3.13. The number of benzene rings is 1. The Morgan fingerprint density at radius 3 is 2.71 bits per heavy atom. The molecule has 0 spiro atoms. The molecule has 0 radical (unpaired) electrons. The van der Waals surface area contributed by atoms with E-state index < -0.39 is 5.62 Å². The van der Waals surface area contributed by atoms with E-state index in [-0.39, 0.29) is 11.5 Å². The maximum atomic E-state index is 9.26. The lowest BCUT2D eigenvalue weighted by atomic mass is 10.2. The van der Waals surface area contributed by atoms with Crippen molar-refractivity contribution in [3.05, 3.63) is 22.7 Å². The van der Waals surface area contributed by atoms with Crippen LogP contribution in [0.25, 0.3) is 6.20 Å². The zero-order chi connectivity index (χ0) is 10.3. The van der Waals surface area contributed by atoms with Crippen molar-refractivity contribution >= 4 is 17.8 Å². The number of halogens is 1. The summed E-state index contributed by atoms with van der Waals surface area (Å²) in [5, 5.41) is 19.8. The average molecular weight is 213 g/mol. The van der Waals surface area contributed by atoms with Gasteiger partial charge in [0.2, 0.25) is 0 Å². The largest absolute Gasteiger partial charge is 0.504 e. The van der Waals surface area contributed by atoms with Crippen molar-refractivity contribution in [1.29, 1.82) is 0 Å². The Morgan fingerprint density at radius 1 is 1.36 bits per heavy atom. The molecule has 0 amide bonds. The van der Waals surface area contributed by atoms with E-state index in [9.17, 15) is 10.2 Å². The lowest BCUT2D eigenvalue weighted by Crippen LogP contribution is -2.37. The van der Waals surface area contributed by atoms with Gasteiger partial charge in [-0.15, -0.1) is 0 Å². The molecule has 1 aliphatic heterocycles. The van der Waals surface area contributed by atoms with Gasteiger partial charge in [0.25, 0.3) is 0 Å². The highest BCUT2D eigenvalue weighted by atomic mass is 35.5. The van der Waals surface area contributed by atoms with E-state index >= 15 is 0 Å². The molecule has 74 valence electrons. The summed E-state index contributed by atoms with van der Waals surface area (Å²) in [6.07, 6.45) is 1.76. The third kappa shape index (κ3) is 1.37. The maximum Gasteiger partial charge on any atom is 0.197 e. The van der Waals surface area contributed by atoms with Crippen molar-refractivity contribution in [1.82, 2.24) is 4.90 Å². The van der Waals surface area contributed by atoms with Gasteiger partial charge in [-0.3, -0.25) is 0 Å². The van der Waals surface area contributed by atoms with Gasteiger partial charge in [0, 0.05) is 24.5 Å². The summed E-state index contributed by atoms with van der Waals surface area (Å²) in [5.41, 5.74) is -0.466. The van der Waals surface area contributed by atoms with Crippen LogP contribution < -0.4 is 10.6 Å². The van der Waals surface area contributed by atoms with E-state index in [0.29, 0.717) is 5.36 Å². The van der Waals surface area contributed by atoms with Gasteiger partial charge >= 0.3 is 0 Å². The summed E-state index contributed by atoms with van der Waals surface area (Å²) in [6.45, 7) is 0. The highest BCUT2D eigenvalue weighted by Crippen LogP contribution is 2.19. The molecule has 1 unspecified atom stereocenters. The quantitative estimate of drug-likeness (QED) is 0.360. The van der Waals surface area contributed by atoms with Gasteiger partial charge in [-0.25, -0.2) is 4.99 Å². The van der Waals surface area contributed by atoms with Gasteiger partial charge < -0.3 is 15.1 Å². The fourth-order valence-corrected chi connectivity index (χ4v) is 1.45. The van der Waals surface area contributed by atoms with E-state index in [0.717, 1.165) is 5.22 Å². The van der Waals surface area contributed by atoms with Crippen molar-refractivity contribution in [3.8, 4) is 11.5 Å². The number of phenolic OH excluding ortho intramolecular Hbond substituents is 2. The highest BCUT2D eigenvalue weighted by molar-refractivity contribution is 6.20. The second-order valence-corrected chi connectivity index (χ2v) is 3.52. The van der Waals surface area contributed by atoms with Crippen LogP contribution >= 0.6 is 11.6 Å². The average Bonchev–Trinajstić information content (AvgIpc) is 2.11. The predicted molar refractivity (Wildman–Crippen MR) is 52.4 cm³/mol. The standard InChI is InChI=1S/C9H9ClN2O2/c1-12-4-5-2-7(13)8(14)3-6(5)11-9(12)10/h2-4,9,13-14H,1H3. The van der Waals surface area contributed by atoms with Crippen LogP contribution in [0.4, 0.5) is 0 Å². The van der Waals surface area contributed by atoms with Crippen LogP contribution in [0.2, 0.25) is 0 Å². The molecule has 14 heavy (non-hydrogen) atoms. The van der Waals surface area contributed by atoms with Gasteiger partial charge in [-0.05, 0) is 6.07 Å². The van der Waals surface area contributed by atoms with Crippen LogP contribution in [-0.2, 0) is 0 Å². The van der Waals surface area contributed by atoms with Gasteiger partial charge in [-0.2, -0.15) is 0 Å². The first-order valence-corrected chi connectivity index (χ1v) is 4.49. The number of aromatic hydroxyl groups is 2. The summed E-state index contributed by atoms with van der Waals surface area (Å²) in [4.78, 5) is 5.83. The van der Waals surface area contributed by atoms with Gasteiger partial charge in [0.15, 0.2) is 17.1 Å². The number of hydrogen-bond acceptors (Lipinski definition) is 4. The zero-order valence-corrected chi connectivity index (χ0v) is 8.23. The van der Waals surface area contributed by atoms with Crippen LogP contribution in [0.15, 0.2) is 17.1 Å². The van der Waals surface area contributed by atoms with Gasteiger partial charge in [-0.1, -0.05) is 11.6 Å². The molecule has 2 rings (SSSR count). The predicted octanol–water partition coefficient (Wildman–Crippen LogP) is -0.0768. The van der Waals surface area contributed by atoms with Crippen molar-refractivity contribution in [3.63, 3.8) is 0 Å². The molecule has 1 atom stereocenters. The van der Waals surface area contributed by atoms with E-state index in [1.165, 1.54) is 12.1 Å². The normalized spacial score (nSPS) is 19.6. The number of alkyl halides is 1. The van der Waals surface area contributed by atoms with Crippen LogP contribution in [-0.4, -0.2) is 27.8 Å². The molecule has 2 N–H and O–H groups in total. The van der Waals surface area contributed by atoms with Crippen LogP contribution in [0.1, 0.15) is 0 Å². The van der Waals surface area contributed by atoms with Crippen molar-refractivity contribution in [2.45, 2.75) is 5.62 Å². The number of nitrogens with zero attached hydrogens (tertiary/aromatic N) is 2. The first-order chi connectivity index (χ1) is 6.58. The Kier molecular flexibility index (Phi) is 2.00. The molecule has 1 aromatic carbocycles. The minimum Gasteiger partial charge on any atom is -0.504 e. The minimum atomic E-state index is -0.466. The molecule has 0 fully saturated rings. The van der Waals surface area contributed by atoms with Gasteiger partial charge in [0.1, 0.15) is 0 Å². The number of rotatable bonds is 0.